The zero-order chi connectivity index (χ0) is 10.9. The summed E-state index contributed by atoms with van der Waals surface area (Å²) in [5.74, 6) is 1.41. The SMILES string of the molecule is C.C.C.C.C=C(C)C(C)CC.C=CC(C)CC. The van der Waals surface area contributed by atoms with Gasteiger partial charge in [0.1, 0.15) is 0 Å². The Morgan fingerprint density at radius 3 is 1.35 bits per heavy atom. The molecule has 0 aliphatic heterocycles. The van der Waals surface area contributed by atoms with Crippen molar-refractivity contribution in [3.05, 3.63) is 24.8 Å². The van der Waals surface area contributed by atoms with Crippen LogP contribution in [-0.2, 0) is 0 Å². The Kier molecular flexibility index (Phi) is 52.1. The molecule has 0 aliphatic rings. The summed E-state index contributed by atoms with van der Waals surface area (Å²) in [6.45, 7) is 18.2. The molecule has 0 aromatic rings. The van der Waals surface area contributed by atoms with Gasteiger partial charge >= 0.3 is 0 Å². The molecule has 2 unspecified atom stereocenters. The second-order valence-electron chi connectivity index (χ2n) is 3.78. The molecule has 0 amide bonds. The fourth-order valence-corrected chi connectivity index (χ4v) is 0.515. The number of allylic oxidation sites excluding steroid dienone is 2. The van der Waals surface area contributed by atoms with E-state index in [2.05, 4.69) is 47.8 Å². The highest BCUT2D eigenvalue weighted by atomic mass is 14.0. The Hall–Kier alpha value is -0.520. The molecule has 0 radical (unpaired) electrons. The molecule has 2 atom stereocenters. The minimum absolute atomic E-state index is 0. The lowest BCUT2D eigenvalue weighted by atomic mass is 10.0. The molecule has 0 rings (SSSR count). The molecular weight excluding hydrogens is 204 g/mol. The first-order valence-corrected chi connectivity index (χ1v) is 5.27. The maximum absolute atomic E-state index is 3.83. The molecule has 17 heavy (non-hydrogen) atoms. The number of hydrogen-bond donors (Lipinski definition) is 0. The quantitative estimate of drug-likeness (QED) is 0.454. The maximum Gasteiger partial charge on any atom is -0.0240 e. The van der Waals surface area contributed by atoms with Gasteiger partial charge < -0.3 is 0 Å². The number of rotatable bonds is 4. The summed E-state index contributed by atoms with van der Waals surface area (Å²) >= 11 is 0. The average molecular weight is 247 g/mol. The van der Waals surface area contributed by atoms with Gasteiger partial charge in [-0.25, -0.2) is 0 Å². The highest BCUT2D eigenvalue weighted by Crippen LogP contribution is 2.09. The summed E-state index contributed by atoms with van der Waals surface area (Å²) < 4.78 is 0. The Morgan fingerprint density at radius 1 is 1.00 bits per heavy atom. The maximum atomic E-state index is 3.83. The molecule has 0 saturated heterocycles. The molecular formula is C17H42. The van der Waals surface area contributed by atoms with Crippen molar-refractivity contribution in [3.8, 4) is 0 Å². The zero-order valence-electron chi connectivity index (χ0n) is 10.1. The van der Waals surface area contributed by atoms with Crippen molar-refractivity contribution in [2.75, 3.05) is 0 Å². The summed E-state index contributed by atoms with van der Waals surface area (Å²) in [7, 11) is 0. The van der Waals surface area contributed by atoms with Crippen LogP contribution in [0.5, 0.6) is 0 Å². The van der Waals surface area contributed by atoms with Crippen molar-refractivity contribution < 1.29 is 0 Å². The molecule has 0 aromatic carbocycles. The van der Waals surface area contributed by atoms with Gasteiger partial charge in [-0.1, -0.05) is 82.1 Å². The molecule has 0 saturated carbocycles. The van der Waals surface area contributed by atoms with Gasteiger partial charge in [0.05, 0.1) is 0 Å². The van der Waals surface area contributed by atoms with Crippen LogP contribution in [0.4, 0.5) is 0 Å². The van der Waals surface area contributed by atoms with Gasteiger partial charge in [-0.05, 0) is 25.2 Å². The first kappa shape index (κ1) is 36.0. The third kappa shape index (κ3) is 31.3. The van der Waals surface area contributed by atoms with E-state index in [-0.39, 0.29) is 29.7 Å². The lowest BCUT2D eigenvalue weighted by Crippen LogP contribution is -1.89. The monoisotopic (exact) mass is 246 g/mol. The van der Waals surface area contributed by atoms with Crippen molar-refractivity contribution in [2.45, 2.75) is 77.2 Å². The Labute approximate surface area is 114 Å². The van der Waals surface area contributed by atoms with E-state index in [1.165, 1.54) is 18.4 Å². The minimum Gasteiger partial charge on any atom is -0.103 e. The smallest absolute Gasteiger partial charge is 0.0240 e. The van der Waals surface area contributed by atoms with Crippen molar-refractivity contribution in [2.24, 2.45) is 11.8 Å². The van der Waals surface area contributed by atoms with Crippen LogP contribution in [0.3, 0.4) is 0 Å². The van der Waals surface area contributed by atoms with E-state index in [1.54, 1.807) is 0 Å². The third-order valence-corrected chi connectivity index (χ3v) is 2.50. The zero-order valence-corrected chi connectivity index (χ0v) is 10.1. The van der Waals surface area contributed by atoms with Crippen molar-refractivity contribution in [1.82, 2.24) is 0 Å². The molecule has 0 aromatic heterocycles. The van der Waals surface area contributed by atoms with Crippen LogP contribution in [0.15, 0.2) is 24.8 Å². The van der Waals surface area contributed by atoms with E-state index in [9.17, 15) is 0 Å². The van der Waals surface area contributed by atoms with Gasteiger partial charge in [0.25, 0.3) is 0 Å². The van der Waals surface area contributed by atoms with Crippen LogP contribution in [0, 0.1) is 11.8 Å². The van der Waals surface area contributed by atoms with Crippen molar-refractivity contribution in [3.63, 3.8) is 0 Å². The Bertz CT molecular complexity index is 133. The fourth-order valence-electron chi connectivity index (χ4n) is 0.515. The minimum atomic E-state index is 0. The van der Waals surface area contributed by atoms with Gasteiger partial charge in [0, 0.05) is 0 Å². The summed E-state index contributed by atoms with van der Waals surface area (Å²) in [5.41, 5.74) is 1.29. The van der Waals surface area contributed by atoms with Crippen LogP contribution in [0.25, 0.3) is 0 Å². The van der Waals surface area contributed by atoms with E-state index < -0.39 is 0 Å². The first-order valence-electron chi connectivity index (χ1n) is 5.27. The molecule has 0 aliphatic carbocycles. The van der Waals surface area contributed by atoms with Crippen LogP contribution in [0.2, 0.25) is 0 Å². The molecule has 0 fully saturated rings. The van der Waals surface area contributed by atoms with Crippen LogP contribution < -0.4 is 0 Å². The highest BCUT2D eigenvalue weighted by molar-refractivity contribution is 4.92. The van der Waals surface area contributed by atoms with Crippen molar-refractivity contribution in [1.29, 1.82) is 0 Å². The first-order chi connectivity index (χ1) is 5.99. The second-order valence-corrected chi connectivity index (χ2v) is 3.78. The summed E-state index contributed by atoms with van der Waals surface area (Å²) in [6.07, 6.45) is 4.40. The predicted molar refractivity (Wildman–Crippen MR) is 90.8 cm³/mol. The summed E-state index contributed by atoms with van der Waals surface area (Å²) in [4.78, 5) is 0. The van der Waals surface area contributed by atoms with E-state index >= 15 is 0 Å². The van der Waals surface area contributed by atoms with Crippen LogP contribution >= 0.6 is 0 Å². The van der Waals surface area contributed by atoms with Gasteiger partial charge in [0.2, 0.25) is 0 Å². The summed E-state index contributed by atoms with van der Waals surface area (Å²) in [5, 5.41) is 0. The van der Waals surface area contributed by atoms with Crippen LogP contribution in [0.1, 0.15) is 77.2 Å². The predicted octanol–water partition coefficient (Wildman–Crippen LogP) is 7.37. The van der Waals surface area contributed by atoms with E-state index in [1.807, 2.05) is 6.08 Å². The van der Waals surface area contributed by atoms with E-state index in [0.29, 0.717) is 11.8 Å². The Balaban J connectivity index is -0.0000000290. The van der Waals surface area contributed by atoms with Gasteiger partial charge in [-0.15, -0.1) is 6.58 Å². The average Bonchev–Trinajstić information content (AvgIpc) is 2.16. The van der Waals surface area contributed by atoms with Gasteiger partial charge in [-0.2, -0.15) is 0 Å². The normalized spacial score (nSPS) is 10.4. The third-order valence-electron chi connectivity index (χ3n) is 2.50. The van der Waals surface area contributed by atoms with Crippen LogP contribution in [-0.4, -0.2) is 0 Å². The largest absolute Gasteiger partial charge is 0.103 e. The molecule has 0 heterocycles. The van der Waals surface area contributed by atoms with Gasteiger partial charge in [-0.3, -0.25) is 0 Å². The second kappa shape index (κ2) is 24.6. The molecule has 0 nitrogen and oxygen atoms in total. The van der Waals surface area contributed by atoms with E-state index in [0.717, 1.165) is 0 Å². The molecule has 110 valence electrons. The standard InChI is InChI=1S/C7H14.C6H12.4CH4/c1-5-7(4)6(2)3;1-4-6(3)5-2;;;;/h7H,2,5H2,1,3-4H3;4,6H,1,5H2,2-3H3;4*1H4. The molecule has 0 bridgehead atoms. The Morgan fingerprint density at radius 2 is 1.35 bits per heavy atom. The van der Waals surface area contributed by atoms with Crippen molar-refractivity contribution >= 4 is 0 Å². The number of hydrogen-bond acceptors (Lipinski definition) is 0. The fraction of sp³-hybridized carbons (Fsp3) is 0.765. The molecule has 0 heteroatoms. The molecule has 0 N–H and O–H groups in total. The van der Waals surface area contributed by atoms with Gasteiger partial charge in [0.15, 0.2) is 0 Å². The molecule has 0 spiro atoms. The van der Waals surface area contributed by atoms with E-state index in [4.69, 9.17) is 0 Å². The lowest BCUT2D eigenvalue weighted by molar-refractivity contribution is 0.658. The lowest BCUT2D eigenvalue weighted by Gasteiger charge is -2.04. The topological polar surface area (TPSA) is 0 Å². The summed E-state index contributed by atoms with van der Waals surface area (Å²) in [6, 6.07) is 0. The highest BCUT2D eigenvalue weighted by Gasteiger charge is 1.94.